The van der Waals surface area contributed by atoms with Gasteiger partial charge in [0.05, 0.1) is 11.7 Å². The third kappa shape index (κ3) is 3.77. The van der Waals surface area contributed by atoms with Gasteiger partial charge in [-0.25, -0.2) is 0 Å². The van der Waals surface area contributed by atoms with Crippen LogP contribution in [0, 0.1) is 0 Å². The molecule has 6 nitrogen and oxygen atoms in total. The maximum atomic E-state index is 13.1. The van der Waals surface area contributed by atoms with Crippen molar-refractivity contribution in [1.29, 1.82) is 0 Å². The maximum absolute atomic E-state index is 13.1. The second-order valence-corrected chi connectivity index (χ2v) is 7.67. The van der Waals surface area contributed by atoms with Crippen molar-refractivity contribution in [1.82, 2.24) is 19.6 Å². The van der Waals surface area contributed by atoms with E-state index in [1.165, 1.54) is 0 Å². The van der Waals surface area contributed by atoms with Crippen molar-refractivity contribution in [2.45, 2.75) is 37.8 Å². The molecule has 27 heavy (non-hydrogen) atoms. The van der Waals surface area contributed by atoms with Crippen LogP contribution in [0.25, 0.3) is 0 Å². The van der Waals surface area contributed by atoms with E-state index in [4.69, 9.17) is 0 Å². The second kappa shape index (κ2) is 7.82. The van der Waals surface area contributed by atoms with E-state index in [-0.39, 0.29) is 11.9 Å². The van der Waals surface area contributed by atoms with Crippen LogP contribution in [0.4, 0.5) is 0 Å². The van der Waals surface area contributed by atoms with E-state index >= 15 is 0 Å². The molecule has 2 heterocycles. The fourth-order valence-corrected chi connectivity index (χ4v) is 4.03. The van der Waals surface area contributed by atoms with Crippen molar-refractivity contribution in [3.8, 4) is 0 Å². The van der Waals surface area contributed by atoms with Crippen LogP contribution in [-0.2, 0) is 19.1 Å². The normalized spacial score (nSPS) is 23.0. The molecule has 146 valence electrons. The maximum Gasteiger partial charge on any atom is 0.272 e. The van der Waals surface area contributed by atoms with Gasteiger partial charge in [0.25, 0.3) is 5.91 Å². The number of aryl methyl sites for hydroxylation is 2. The highest BCUT2D eigenvalue weighted by atomic mass is 16.3. The summed E-state index contributed by atoms with van der Waals surface area (Å²) in [5, 5.41) is 15.9. The molecule has 1 aliphatic heterocycles. The molecule has 0 unspecified atom stereocenters. The number of likely N-dealkylation sites (tertiary alicyclic amines) is 1. The van der Waals surface area contributed by atoms with Crippen molar-refractivity contribution in [2.75, 3.05) is 27.2 Å². The standard InChI is InChI=1S/C21H30N4O2/c1-5-9-17-14-18(24(4)22-17)20(26)25-13-12-21(27,19(15-25)23(2)3)16-10-7-6-8-11-16/h6-8,10-11,14,19,27H,5,9,12-13,15H2,1-4H3/t19-,21+/m1/s1. The first-order valence-corrected chi connectivity index (χ1v) is 9.63. The number of carbonyl (C=O) groups is 1. The molecule has 1 aliphatic rings. The van der Waals surface area contributed by atoms with Crippen molar-refractivity contribution in [3.63, 3.8) is 0 Å². The number of hydrogen-bond donors (Lipinski definition) is 1. The van der Waals surface area contributed by atoms with Gasteiger partial charge in [-0.15, -0.1) is 0 Å². The van der Waals surface area contributed by atoms with E-state index in [0.717, 1.165) is 24.1 Å². The zero-order valence-electron chi connectivity index (χ0n) is 16.7. The van der Waals surface area contributed by atoms with E-state index in [9.17, 15) is 9.90 Å². The molecule has 0 bridgehead atoms. The SMILES string of the molecule is CCCc1cc(C(=O)N2CC[C@](O)(c3ccccc3)[C@H](N(C)C)C2)n(C)n1. The van der Waals surface area contributed by atoms with Gasteiger partial charge in [0.1, 0.15) is 11.3 Å². The molecule has 1 amide bonds. The van der Waals surface area contributed by atoms with Crippen molar-refractivity contribution >= 4 is 5.91 Å². The second-order valence-electron chi connectivity index (χ2n) is 7.67. The lowest BCUT2D eigenvalue weighted by molar-refractivity contribution is -0.0811. The largest absolute Gasteiger partial charge is 0.383 e. The lowest BCUT2D eigenvalue weighted by Gasteiger charge is -2.47. The van der Waals surface area contributed by atoms with Crippen LogP contribution in [0.15, 0.2) is 36.4 Å². The van der Waals surface area contributed by atoms with E-state index in [2.05, 4.69) is 12.0 Å². The predicted octanol–water partition coefficient (Wildman–Crippen LogP) is 2.04. The number of rotatable bonds is 5. The molecule has 0 aliphatic carbocycles. The summed E-state index contributed by atoms with van der Waals surface area (Å²) in [4.78, 5) is 17.0. The summed E-state index contributed by atoms with van der Waals surface area (Å²) >= 11 is 0. The minimum Gasteiger partial charge on any atom is -0.383 e. The summed E-state index contributed by atoms with van der Waals surface area (Å²) in [6, 6.07) is 11.5. The number of aromatic nitrogens is 2. The lowest BCUT2D eigenvalue weighted by atomic mass is 9.79. The molecule has 0 radical (unpaired) electrons. The number of nitrogens with zero attached hydrogens (tertiary/aromatic N) is 4. The van der Waals surface area contributed by atoms with Gasteiger partial charge in [-0.2, -0.15) is 5.10 Å². The average molecular weight is 370 g/mol. The molecular weight excluding hydrogens is 340 g/mol. The highest BCUT2D eigenvalue weighted by Crippen LogP contribution is 2.35. The fraction of sp³-hybridized carbons (Fsp3) is 0.524. The number of amides is 1. The minimum absolute atomic E-state index is 0.0192. The van der Waals surface area contributed by atoms with E-state index < -0.39 is 5.60 Å². The molecule has 1 N–H and O–H groups in total. The first-order valence-electron chi connectivity index (χ1n) is 9.63. The Hall–Kier alpha value is -2.18. The number of carbonyl (C=O) groups excluding carboxylic acids is 1. The first-order chi connectivity index (χ1) is 12.9. The minimum atomic E-state index is -0.971. The van der Waals surface area contributed by atoms with Crippen LogP contribution in [0.1, 0.15) is 41.5 Å². The van der Waals surface area contributed by atoms with Gasteiger partial charge in [-0.05, 0) is 38.6 Å². The molecule has 1 aromatic heterocycles. The Kier molecular flexibility index (Phi) is 5.67. The Labute approximate surface area is 161 Å². The van der Waals surface area contributed by atoms with Gasteiger partial charge in [0.2, 0.25) is 0 Å². The molecule has 1 saturated heterocycles. The first kappa shape index (κ1) is 19.6. The van der Waals surface area contributed by atoms with Gasteiger partial charge in [-0.3, -0.25) is 9.48 Å². The summed E-state index contributed by atoms with van der Waals surface area (Å²) in [6.07, 6.45) is 2.38. The third-order valence-electron chi connectivity index (χ3n) is 5.55. The monoisotopic (exact) mass is 370 g/mol. The van der Waals surface area contributed by atoms with E-state index in [1.54, 1.807) is 4.68 Å². The summed E-state index contributed by atoms with van der Waals surface area (Å²) in [7, 11) is 5.73. The highest BCUT2D eigenvalue weighted by molar-refractivity contribution is 5.92. The summed E-state index contributed by atoms with van der Waals surface area (Å²) in [6.45, 7) is 3.10. The Morgan fingerprint density at radius 1 is 1.33 bits per heavy atom. The molecule has 0 spiro atoms. The number of aliphatic hydroxyl groups is 1. The molecule has 1 aromatic carbocycles. The van der Waals surface area contributed by atoms with Crippen molar-refractivity contribution in [2.24, 2.45) is 7.05 Å². The zero-order chi connectivity index (χ0) is 19.6. The quantitative estimate of drug-likeness (QED) is 0.875. The Bertz CT molecular complexity index is 787. The van der Waals surface area contributed by atoms with Crippen LogP contribution < -0.4 is 0 Å². The van der Waals surface area contributed by atoms with Crippen LogP contribution in [0.3, 0.4) is 0 Å². The topological polar surface area (TPSA) is 61.6 Å². The van der Waals surface area contributed by atoms with Crippen LogP contribution in [-0.4, -0.2) is 63.8 Å². The summed E-state index contributed by atoms with van der Waals surface area (Å²) < 4.78 is 1.68. The van der Waals surface area contributed by atoms with Gasteiger partial charge in [0.15, 0.2) is 0 Å². The van der Waals surface area contributed by atoms with Crippen LogP contribution in [0.5, 0.6) is 0 Å². The molecular formula is C21H30N4O2. The fourth-order valence-electron chi connectivity index (χ4n) is 4.03. The zero-order valence-corrected chi connectivity index (χ0v) is 16.7. The molecule has 6 heteroatoms. The Morgan fingerprint density at radius 3 is 2.67 bits per heavy atom. The average Bonchev–Trinajstić information content (AvgIpc) is 3.02. The van der Waals surface area contributed by atoms with Crippen molar-refractivity contribution in [3.05, 3.63) is 53.3 Å². The smallest absolute Gasteiger partial charge is 0.272 e. The van der Waals surface area contributed by atoms with E-state index in [0.29, 0.717) is 25.2 Å². The van der Waals surface area contributed by atoms with Gasteiger partial charge in [0, 0.05) is 20.1 Å². The van der Waals surface area contributed by atoms with Gasteiger partial charge >= 0.3 is 0 Å². The lowest BCUT2D eigenvalue weighted by Crippen LogP contribution is -2.60. The predicted molar refractivity (Wildman–Crippen MR) is 106 cm³/mol. The number of piperidine rings is 1. The highest BCUT2D eigenvalue weighted by Gasteiger charge is 2.45. The molecule has 2 atom stereocenters. The Balaban J connectivity index is 1.84. The van der Waals surface area contributed by atoms with Crippen LogP contribution in [0.2, 0.25) is 0 Å². The number of hydrogen-bond acceptors (Lipinski definition) is 4. The molecule has 0 saturated carbocycles. The number of benzene rings is 1. The summed E-state index contributed by atoms with van der Waals surface area (Å²) in [5.41, 5.74) is 1.49. The third-order valence-corrected chi connectivity index (χ3v) is 5.55. The van der Waals surface area contributed by atoms with Gasteiger partial charge in [-0.1, -0.05) is 43.7 Å². The van der Waals surface area contributed by atoms with Crippen molar-refractivity contribution < 1.29 is 9.90 Å². The molecule has 1 fully saturated rings. The molecule has 3 rings (SSSR count). The Morgan fingerprint density at radius 2 is 2.04 bits per heavy atom. The molecule has 2 aromatic rings. The summed E-state index contributed by atoms with van der Waals surface area (Å²) in [5.74, 6) is -0.0192. The number of likely N-dealkylation sites (N-methyl/N-ethyl adjacent to an activating group) is 1. The van der Waals surface area contributed by atoms with E-state index in [1.807, 2.05) is 67.3 Å². The van der Waals surface area contributed by atoms with Gasteiger partial charge < -0.3 is 14.9 Å². The van der Waals surface area contributed by atoms with Crippen LogP contribution >= 0.6 is 0 Å².